The highest BCUT2D eigenvalue weighted by atomic mass is 32.1. The van der Waals surface area contributed by atoms with Crippen LogP contribution in [0.15, 0.2) is 10.9 Å². The summed E-state index contributed by atoms with van der Waals surface area (Å²) in [5, 5.41) is 15.0. The Hall–Kier alpha value is -1.31. The molecule has 0 bridgehead atoms. The van der Waals surface area contributed by atoms with Crippen molar-refractivity contribution in [2.45, 2.75) is 39.8 Å². The highest BCUT2D eigenvalue weighted by Crippen LogP contribution is 2.15. The first-order valence-electron chi connectivity index (χ1n) is 6.59. The van der Waals surface area contributed by atoms with Crippen molar-refractivity contribution in [2.75, 3.05) is 13.1 Å². The van der Waals surface area contributed by atoms with Gasteiger partial charge in [0.25, 0.3) is 5.56 Å². The third-order valence-corrected chi connectivity index (χ3v) is 3.72. The SMILES string of the molecule is CCN(Cc1nn2c(=O)cc(C)nc2s1)CC(C)(C)O. The number of rotatable bonds is 5. The first-order valence-corrected chi connectivity index (χ1v) is 7.41. The molecule has 0 radical (unpaired) electrons. The van der Waals surface area contributed by atoms with Crippen molar-refractivity contribution in [2.24, 2.45) is 0 Å². The van der Waals surface area contributed by atoms with Crippen LogP contribution in [0.1, 0.15) is 31.5 Å². The molecule has 2 aromatic rings. The molecule has 20 heavy (non-hydrogen) atoms. The van der Waals surface area contributed by atoms with Crippen molar-refractivity contribution >= 4 is 16.3 Å². The molecular weight excluding hydrogens is 276 g/mol. The number of hydrogen-bond donors (Lipinski definition) is 1. The zero-order chi connectivity index (χ0) is 14.9. The normalized spacial score (nSPS) is 12.5. The van der Waals surface area contributed by atoms with Gasteiger partial charge in [-0.05, 0) is 27.3 Å². The first kappa shape index (κ1) is 15.1. The summed E-state index contributed by atoms with van der Waals surface area (Å²) in [6, 6.07) is 1.48. The van der Waals surface area contributed by atoms with E-state index in [1.54, 1.807) is 20.8 Å². The molecule has 0 spiro atoms. The van der Waals surface area contributed by atoms with Gasteiger partial charge in [0.15, 0.2) is 0 Å². The molecule has 0 atom stereocenters. The minimum absolute atomic E-state index is 0.152. The van der Waals surface area contributed by atoms with Gasteiger partial charge in [-0.25, -0.2) is 4.98 Å². The molecule has 1 N–H and O–H groups in total. The van der Waals surface area contributed by atoms with E-state index < -0.39 is 5.60 Å². The van der Waals surface area contributed by atoms with Crippen LogP contribution in [0.3, 0.4) is 0 Å². The molecule has 2 rings (SSSR count). The molecule has 0 aromatic carbocycles. The summed E-state index contributed by atoms with van der Waals surface area (Å²) >= 11 is 1.41. The number of likely N-dealkylation sites (N-methyl/N-ethyl adjacent to an activating group) is 1. The molecule has 6 nitrogen and oxygen atoms in total. The Labute approximate surface area is 121 Å². The summed E-state index contributed by atoms with van der Waals surface area (Å²) in [6.07, 6.45) is 0. The van der Waals surface area contributed by atoms with Crippen LogP contribution in [0, 0.1) is 6.92 Å². The zero-order valence-electron chi connectivity index (χ0n) is 12.3. The Morgan fingerprint density at radius 1 is 1.50 bits per heavy atom. The Morgan fingerprint density at radius 2 is 2.20 bits per heavy atom. The van der Waals surface area contributed by atoms with Gasteiger partial charge in [-0.3, -0.25) is 9.69 Å². The predicted octanol–water partition coefficient (Wildman–Crippen LogP) is 1.05. The quantitative estimate of drug-likeness (QED) is 0.893. The average Bonchev–Trinajstić information content (AvgIpc) is 2.69. The maximum absolute atomic E-state index is 11.8. The zero-order valence-corrected chi connectivity index (χ0v) is 13.1. The van der Waals surface area contributed by atoms with E-state index in [0.29, 0.717) is 23.7 Å². The van der Waals surface area contributed by atoms with Crippen molar-refractivity contribution < 1.29 is 5.11 Å². The van der Waals surface area contributed by atoms with Crippen LogP contribution in [0.4, 0.5) is 0 Å². The second kappa shape index (κ2) is 5.59. The minimum atomic E-state index is -0.752. The lowest BCUT2D eigenvalue weighted by atomic mass is 10.1. The van der Waals surface area contributed by atoms with Gasteiger partial charge in [0.05, 0.1) is 12.1 Å². The third-order valence-electron chi connectivity index (χ3n) is 2.83. The van der Waals surface area contributed by atoms with E-state index in [1.807, 2.05) is 6.92 Å². The monoisotopic (exact) mass is 296 g/mol. The molecule has 0 aliphatic rings. The van der Waals surface area contributed by atoms with Crippen LogP contribution < -0.4 is 5.56 Å². The van der Waals surface area contributed by atoms with Crippen LogP contribution in [-0.4, -0.2) is 43.3 Å². The Morgan fingerprint density at radius 3 is 2.80 bits per heavy atom. The molecule has 7 heteroatoms. The van der Waals surface area contributed by atoms with Crippen LogP contribution in [0.2, 0.25) is 0 Å². The fourth-order valence-electron chi connectivity index (χ4n) is 2.04. The van der Waals surface area contributed by atoms with Crippen molar-refractivity contribution in [3.05, 3.63) is 27.1 Å². The Balaban J connectivity index is 2.25. The van der Waals surface area contributed by atoms with Crippen molar-refractivity contribution in [3.8, 4) is 0 Å². The fraction of sp³-hybridized carbons (Fsp3) is 0.615. The van der Waals surface area contributed by atoms with E-state index in [4.69, 9.17) is 0 Å². The summed E-state index contributed by atoms with van der Waals surface area (Å²) in [5.41, 5.74) is -0.201. The Bertz CT molecular complexity index is 656. The maximum Gasteiger partial charge on any atom is 0.275 e. The van der Waals surface area contributed by atoms with Crippen LogP contribution in [-0.2, 0) is 6.54 Å². The van der Waals surface area contributed by atoms with Gasteiger partial charge in [-0.15, -0.1) is 0 Å². The number of nitrogens with zero attached hydrogens (tertiary/aromatic N) is 4. The van der Waals surface area contributed by atoms with E-state index in [2.05, 4.69) is 15.0 Å². The van der Waals surface area contributed by atoms with Crippen molar-refractivity contribution in [3.63, 3.8) is 0 Å². The lowest BCUT2D eigenvalue weighted by Gasteiger charge is -2.26. The van der Waals surface area contributed by atoms with E-state index >= 15 is 0 Å². The lowest BCUT2D eigenvalue weighted by Crippen LogP contribution is -2.38. The first-order chi connectivity index (χ1) is 9.28. The lowest BCUT2D eigenvalue weighted by molar-refractivity contribution is 0.0352. The van der Waals surface area contributed by atoms with Crippen LogP contribution in [0.25, 0.3) is 4.96 Å². The number of aromatic nitrogens is 3. The number of hydrogen-bond acceptors (Lipinski definition) is 6. The van der Waals surface area contributed by atoms with Gasteiger partial charge < -0.3 is 5.11 Å². The van der Waals surface area contributed by atoms with Gasteiger partial charge in [-0.1, -0.05) is 18.3 Å². The molecular formula is C13H20N4O2S. The number of aryl methyl sites for hydroxylation is 1. The van der Waals surface area contributed by atoms with E-state index in [9.17, 15) is 9.90 Å². The predicted molar refractivity (Wildman–Crippen MR) is 79.1 cm³/mol. The molecule has 110 valence electrons. The number of fused-ring (bicyclic) bond motifs is 1. The summed E-state index contributed by atoms with van der Waals surface area (Å²) in [6.45, 7) is 9.36. The molecule has 0 aliphatic carbocycles. The van der Waals surface area contributed by atoms with Gasteiger partial charge in [-0.2, -0.15) is 9.61 Å². The molecule has 0 saturated heterocycles. The van der Waals surface area contributed by atoms with Gasteiger partial charge in [0, 0.05) is 18.3 Å². The van der Waals surface area contributed by atoms with Crippen molar-refractivity contribution in [1.82, 2.24) is 19.5 Å². The summed E-state index contributed by atoms with van der Waals surface area (Å²) < 4.78 is 1.34. The van der Waals surface area contributed by atoms with Gasteiger partial charge in [0.2, 0.25) is 4.96 Å². The van der Waals surface area contributed by atoms with Crippen molar-refractivity contribution in [1.29, 1.82) is 0 Å². The number of aliphatic hydroxyl groups is 1. The largest absolute Gasteiger partial charge is 0.389 e. The van der Waals surface area contributed by atoms with Gasteiger partial charge >= 0.3 is 0 Å². The minimum Gasteiger partial charge on any atom is -0.389 e. The highest BCUT2D eigenvalue weighted by Gasteiger charge is 2.19. The second-order valence-electron chi connectivity index (χ2n) is 5.54. The summed E-state index contributed by atoms with van der Waals surface area (Å²) in [7, 11) is 0. The molecule has 0 fully saturated rings. The molecule has 2 aromatic heterocycles. The smallest absolute Gasteiger partial charge is 0.275 e. The molecule has 2 heterocycles. The van der Waals surface area contributed by atoms with Crippen LogP contribution in [0.5, 0.6) is 0 Å². The van der Waals surface area contributed by atoms with E-state index in [1.165, 1.54) is 21.9 Å². The fourth-order valence-corrected chi connectivity index (χ4v) is 3.03. The summed E-state index contributed by atoms with van der Waals surface area (Å²) in [5.74, 6) is 0. The Kier molecular flexibility index (Phi) is 4.22. The van der Waals surface area contributed by atoms with E-state index in [-0.39, 0.29) is 5.56 Å². The molecule has 0 aliphatic heterocycles. The second-order valence-corrected chi connectivity index (χ2v) is 6.58. The summed E-state index contributed by atoms with van der Waals surface area (Å²) in [4.78, 5) is 18.8. The molecule has 0 amide bonds. The topological polar surface area (TPSA) is 70.7 Å². The standard InChI is InChI=1S/C13H20N4O2S/c1-5-16(8-13(3,4)19)7-10-15-17-11(18)6-9(2)14-12(17)20-10/h6,19H,5,7-8H2,1-4H3. The van der Waals surface area contributed by atoms with E-state index in [0.717, 1.165) is 11.6 Å². The maximum atomic E-state index is 11.8. The average molecular weight is 296 g/mol. The third kappa shape index (κ3) is 3.62. The highest BCUT2D eigenvalue weighted by molar-refractivity contribution is 7.16. The molecule has 0 unspecified atom stereocenters. The van der Waals surface area contributed by atoms with Gasteiger partial charge in [0.1, 0.15) is 5.01 Å². The van der Waals surface area contributed by atoms with Crippen LogP contribution >= 0.6 is 11.3 Å². The molecule has 0 saturated carbocycles.